The highest BCUT2D eigenvalue weighted by Gasteiger charge is 2.05. The molecule has 0 saturated carbocycles. The van der Waals surface area contributed by atoms with E-state index in [1.54, 1.807) is 11.3 Å². The van der Waals surface area contributed by atoms with Crippen LogP contribution in [0.15, 0.2) is 17.9 Å². The highest BCUT2D eigenvalue weighted by molar-refractivity contribution is 7.09. The summed E-state index contributed by atoms with van der Waals surface area (Å²) in [6.45, 7) is 7.31. The zero-order valence-corrected chi connectivity index (χ0v) is 12.2. The maximum absolute atomic E-state index is 5.35. The molecule has 19 heavy (non-hydrogen) atoms. The van der Waals surface area contributed by atoms with Gasteiger partial charge in [0.15, 0.2) is 0 Å². The molecule has 2 heterocycles. The van der Waals surface area contributed by atoms with Crippen molar-refractivity contribution in [1.29, 1.82) is 0 Å². The molecule has 0 aliphatic carbocycles. The zero-order chi connectivity index (χ0) is 13.5. The largest absolute Gasteiger partial charge is 0.382 e. The summed E-state index contributed by atoms with van der Waals surface area (Å²) in [4.78, 5) is 9.84. The molecule has 0 spiro atoms. The number of aromatic nitrogens is 3. The summed E-state index contributed by atoms with van der Waals surface area (Å²) in [6, 6.07) is 0. The van der Waals surface area contributed by atoms with Crippen molar-refractivity contribution < 1.29 is 4.74 Å². The monoisotopic (exact) mass is 280 g/mol. The molecule has 0 aliphatic rings. The van der Waals surface area contributed by atoms with Crippen molar-refractivity contribution in [1.82, 2.24) is 14.5 Å². The molecule has 5 nitrogen and oxygen atoms in total. The number of anilines is 1. The first-order valence-electron chi connectivity index (χ1n) is 6.53. The van der Waals surface area contributed by atoms with Crippen LogP contribution in [-0.4, -0.2) is 27.7 Å². The Kier molecular flexibility index (Phi) is 5.35. The molecule has 0 bridgehead atoms. The summed E-state index contributed by atoms with van der Waals surface area (Å²) < 4.78 is 7.47. The second-order valence-electron chi connectivity index (χ2n) is 4.21. The SMILES string of the molecule is CCOCCCn1ccnc1NCc1scnc1C. The fourth-order valence-corrected chi connectivity index (χ4v) is 2.51. The number of imidazole rings is 1. The third kappa shape index (κ3) is 4.04. The van der Waals surface area contributed by atoms with Crippen LogP contribution in [-0.2, 0) is 17.8 Å². The molecule has 0 aromatic carbocycles. The molecule has 0 atom stereocenters. The molecule has 0 radical (unpaired) electrons. The van der Waals surface area contributed by atoms with Gasteiger partial charge in [0.25, 0.3) is 0 Å². The van der Waals surface area contributed by atoms with Crippen LogP contribution in [0.4, 0.5) is 5.95 Å². The lowest BCUT2D eigenvalue weighted by molar-refractivity contribution is 0.142. The van der Waals surface area contributed by atoms with Crippen molar-refractivity contribution in [2.75, 3.05) is 18.5 Å². The van der Waals surface area contributed by atoms with E-state index in [0.29, 0.717) is 0 Å². The second kappa shape index (κ2) is 7.25. The summed E-state index contributed by atoms with van der Waals surface area (Å²) in [5.41, 5.74) is 2.97. The zero-order valence-electron chi connectivity index (χ0n) is 11.4. The Morgan fingerprint density at radius 1 is 1.42 bits per heavy atom. The average molecular weight is 280 g/mol. The molecule has 0 unspecified atom stereocenters. The Balaban J connectivity index is 1.83. The molecule has 0 saturated heterocycles. The maximum Gasteiger partial charge on any atom is 0.203 e. The number of rotatable bonds is 8. The second-order valence-corrected chi connectivity index (χ2v) is 5.15. The van der Waals surface area contributed by atoms with Gasteiger partial charge in [0.2, 0.25) is 5.95 Å². The summed E-state index contributed by atoms with van der Waals surface area (Å²) in [6.07, 6.45) is 4.81. The van der Waals surface area contributed by atoms with Crippen molar-refractivity contribution in [3.63, 3.8) is 0 Å². The quantitative estimate of drug-likeness (QED) is 0.755. The van der Waals surface area contributed by atoms with Crippen LogP contribution in [0.25, 0.3) is 0 Å². The predicted octanol–water partition coefficient (Wildman–Crippen LogP) is 2.69. The molecular weight excluding hydrogens is 260 g/mol. The minimum Gasteiger partial charge on any atom is -0.382 e. The van der Waals surface area contributed by atoms with E-state index in [4.69, 9.17) is 4.74 Å². The summed E-state index contributed by atoms with van der Waals surface area (Å²) in [7, 11) is 0. The molecule has 2 aromatic heterocycles. The Hall–Kier alpha value is -1.40. The summed E-state index contributed by atoms with van der Waals surface area (Å²) in [5.74, 6) is 0.907. The molecule has 6 heteroatoms. The Bertz CT molecular complexity index is 494. The van der Waals surface area contributed by atoms with Gasteiger partial charge in [0.1, 0.15) is 0 Å². The number of nitrogens with one attached hydrogen (secondary N) is 1. The van der Waals surface area contributed by atoms with Crippen molar-refractivity contribution in [3.8, 4) is 0 Å². The minimum atomic E-state index is 0.777. The third-order valence-electron chi connectivity index (χ3n) is 2.86. The lowest BCUT2D eigenvalue weighted by atomic mass is 10.4. The van der Waals surface area contributed by atoms with Crippen molar-refractivity contribution in [2.24, 2.45) is 0 Å². The van der Waals surface area contributed by atoms with E-state index < -0.39 is 0 Å². The van der Waals surface area contributed by atoms with Crippen molar-refractivity contribution in [3.05, 3.63) is 28.5 Å². The number of ether oxygens (including phenoxy) is 1. The van der Waals surface area contributed by atoms with Crippen LogP contribution < -0.4 is 5.32 Å². The van der Waals surface area contributed by atoms with E-state index in [0.717, 1.165) is 44.4 Å². The van der Waals surface area contributed by atoms with E-state index in [-0.39, 0.29) is 0 Å². The Morgan fingerprint density at radius 3 is 3.05 bits per heavy atom. The van der Waals surface area contributed by atoms with E-state index in [9.17, 15) is 0 Å². The number of hydrogen-bond donors (Lipinski definition) is 1. The number of nitrogens with zero attached hydrogens (tertiary/aromatic N) is 3. The van der Waals surface area contributed by atoms with Crippen LogP contribution >= 0.6 is 11.3 Å². The number of hydrogen-bond acceptors (Lipinski definition) is 5. The molecule has 0 aliphatic heterocycles. The minimum absolute atomic E-state index is 0.777. The first-order valence-corrected chi connectivity index (χ1v) is 7.41. The fraction of sp³-hybridized carbons (Fsp3) is 0.538. The van der Waals surface area contributed by atoms with Gasteiger partial charge in [-0.2, -0.15) is 0 Å². The molecule has 0 fully saturated rings. The van der Waals surface area contributed by atoms with Gasteiger partial charge in [-0.05, 0) is 20.3 Å². The number of thiazole rings is 1. The highest BCUT2D eigenvalue weighted by Crippen LogP contribution is 2.14. The molecule has 2 aromatic rings. The van der Waals surface area contributed by atoms with Crippen LogP contribution in [0, 0.1) is 6.92 Å². The Morgan fingerprint density at radius 2 is 2.32 bits per heavy atom. The standard InChI is InChI=1S/C13H20N4OS/c1-3-18-8-4-6-17-7-5-14-13(17)15-9-12-11(2)16-10-19-12/h5,7,10H,3-4,6,8-9H2,1-2H3,(H,14,15). The smallest absolute Gasteiger partial charge is 0.203 e. The van der Waals surface area contributed by atoms with Crippen LogP contribution in [0.1, 0.15) is 23.9 Å². The highest BCUT2D eigenvalue weighted by atomic mass is 32.1. The van der Waals surface area contributed by atoms with E-state index in [2.05, 4.69) is 19.9 Å². The normalized spacial score (nSPS) is 10.8. The van der Waals surface area contributed by atoms with Gasteiger partial charge in [0.05, 0.1) is 17.7 Å². The van der Waals surface area contributed by atoms with Gasteiger partial charge in [-0.3, -0.25) is 0 Å². The van der Waals surface area contributed by atoms with E-state index in [1.165, 1.54) is 4.88 Å². The summed E-state index contributed by atoms with van der Waals surface area (Å²) in [5, 5.41) is 3.36. The predicted molar refractivity (Wildman–Crippen MR) is 77.5 cm³/mol. The van der Waals surface area contributed by atoms with Gasteiger partial charge in [-0.1, -0.05) is 0 Å². The molecular formula is C13H20N4OS. The average Bonchev–Trinajstić information content (AvgIpc) is 3.01. The lowest BCUT2D eigenvalue weighted by Gasteiger charge is -2.09. The van der Waals surface area contributed by atoms with E-state index >= 15 is 0 Å². The molecule has 104 valence electrons. The molecule has 0 amide bonds. The molecule has 1 N–H and O–H groups in total. The van der Waals surface area contributed by atoms with Crippen molar-refractivity contribution in [2.45, 2.75) is 33.4 Å². The van der Waals surface area contributed by atoms with E-state index in [1.807, 2.05) is 31.8 Å². The maximum atomic E-state index is 5.35. The Labute approximate surface area is 117 Å². The molecule has 2 rings (SSSR count). The van der Waals surface area contributed by atoms with Gasteiger partial charge >= 0.3 is 0 Å². The topological polar surface area (TPSA) is 52.0 Å². The van der Waals surface area contributed by atoms with Crippen LogP contribution in [0.2, 0.25) is 0 Å². The van der Waals surface area contributed by atoms with Gasteiger partial charge in [-0.15, -0.1) is 11.3 Å². The van der Waals surface area contributed by atoms with Gasteiger partial charge < -0.3 is 14.6 Å². The van der Waals surface area contributed by atoms with Gasteiger partial charge in [0, 0.05) is 37.0 Å². The third-order valence-corrected chi connectivity index (χ3v) is 3.79. The first kappa shape index (κ1) is 14.0. The first-order chi connectivity index (χ1) is 9.31. The lowest BCUT2D eigenvalue weighted by Crippen LogP contribution is -2.08. The number of aryl methyl sites for hydroxylation is 2. The van der Waals surface area contributed by atoms with Crippen molar-refractivity contribution >= 4 is 17.3 Å². The van der Waals surface area contributed by atoms with Crippen LogP contribution in [0.5, 0.6) is 0 Å². The van der Waals surface area contributed by atoms with Crippen LogP contribution in [0.3, 0.4) is 0 Å². The van der Waals surface area contributed by atoms with Gasteiger partial charge in [-0.25, -0.2) is 9.97 Å². The summed E-state index contributed by atoms with van der Waals surface area (Å²) >= 11 is 1.67. The fourth-order valence-electron chi connectivity index (χ4n) is 1.79.